The van der Waals surface area contributed by atoms with Crippen LogP contribution in [0, 0.1) is 3.57 Å². The van der Waals surface area contributed by atoms with E-state index in [1.165, 1.54) is 4.70 Å². The monoisotopic (exact) mass is 324 g/mol. The van der Waals surface area contributed by atoms with Gasteiger partial charge in [-0.05, 0) is 34.0 Å². The van der Waals surface area contributed by atoms with Crippen molar-refractivity contribution in [1.29, 1.82) is 0 Å². The average Bonchev–Trinajstić information content (AvgIpc) is 2.60. The van der Waals surface area contributed by atoms with Gasteiger partial charge in [0.1, 0.15) is 5.75 Å². The Kier molecular flexibility index (Phi) is 2.67. The fraction of sp³-hybridized carbons (Fsp3) is 0.111. The van der Waals surface area contributed by atoms with Gasteiger partial charge >= 0.3 is 0 Å². The first-order valence-electron chi connectivity index (χ1n) is 3.63. The number of ether oxygens (including phenoxy) is 1. The van der Waals surface area contributed by atoms with Gasteiger partial charge < -0.3 is 4.74 Å². The van der Waals surface area contributed by atoms with E-state index in [-0.39, 0.29) is 0 Å². The predicted octanol–water partition coefficient (Wildman–Crippen LogP) is 4.17. The van der Waals surface area contributed by atoms with Crippen molar-refractivity contribution in [2.75, 3.05) is 7.11 Å². The van der Waals surface area contributed by atoms with Crippen molar-refractivity contribution >= 4 is 55.6 Å². The largest absolute Gasteiger partial charge is 0.496 e. The molecule has 0 fully saturated rings. The van der Waals surface area contributed by atoms with Crippen LogP contribution in [-0.2, 0) is 0 Å². The highest BCUT2D eigenvalue weighted by atomic mass is 127. The molecule has 0 amide bonds. The second-order valence-corrected chi connectivity index (χ2v) is 4.94. The van der Waals surface area contributed by atoms with Crippen LogP contribution in [0.1, 0.15) is 0 Å². The molecule has 1 aromatic heterocycles. The normalized spacial score (nSPS) is 10.7. The van der Waals surface area contributed by atoms with Crippen molar-refractivity contribution < 1.29 is 4.74 Å². The molecule has 2 aromatic rings. The van der Waals surface area contributed by atoms with Gasteiger partial charge in [0.15, 0.2) is 0 Å². The smallest absolute Gasteiger partial charge is 0.135 e. The number of benzene rings is 1. The Morgan fingerprint density at radius 1 is 1.54 bits per heavy atom. The van der Waals surface area contributed by atoms with Crippen LogP contribution in [0.3, 0.4) is 0 Å². The van der Waals surface area contributed by atoms with Crippen molar-refractivity contribution in [2.24, 2.45) is 0 Å². The number of thiophene rings is 1. The van der Waals surface area contributed by atoms with Gasteiger partial charge in [-0.3, -0.25) is 0 Å². The average molecular weight is 325 g/mol. The lowest BCUT2D eigenvalue weighted by atomic mass is 10.2. The minimum Gasteiger partial charge on any atom is -0.496 e. The van der Waals surface area contributed by atoms with Gasteiger partial charge in [-0.2, -0.15) is 0 Å². The van der Waals surface area contributed by atoms with E-state index >= 15 is 0 Å². The van der Waals surface area contributed by atoms with Gasteiger partial charge in [-0.1, -0.05) is 11.6 Å². The molecular formula is C9H6ClIOS. The molecule has 4 heteroatoms. The zero-order valence-corrected chi connectivity index (χ0v) is 10.5. The van der Waals surface area contributed by atoms with Crippen molar-refractivity contribution in [3.8, 4) is 5.75 Å². The summed E-state index contributed by atoms with van der Waals surface area (Å²) in [7, 11) is 1.66. The molecule has 0 N–H and O–H groups in total. The lowest BCUT2D eigenvalue weighted by Gasteiger charge is -2.04. The molecule has 13 heavy (non-hydrogen) atoms. The van der Waals surface area contributed by atoms with E-state index in [9.17, 15) is 0 Å². The molecule has 2 rings (SSSR count). The fourth-order valence-corrected chi connectivity index (χ4v) is 3.39. The van der Waals surface area contributed by atoms with E-state index in [1.807, 2.05) is 17.5 Å². The molecule has 0 radical (unpaired) electrons. The maximum atomic E-state index is 6.08. The number of fused-ring (bicyclic) bond motifs is 1. The van der Waals surface area contributed by atoms with Crippen molar-refractivity contribution in [3.05, 3.63) is 26.1 Å². The Labute approximate surface area is 98.8 Å². The number of methoxy groups -OCH3 is 1. The molecule has 0 aliphatic heterocycles. The van der Waals surface area contributed by atoms with Gasteiger partial charge in [-0.15, -0.1) is 11.3 Å². The van der Waals surface area contributed by atoms with Crippen LogP contribution in [0.2, 0.25) is 5.02 Å². The fourth-order valence-electron chi connectivity index (χ4n) is 1.18. The zero-order chi connectivity index (χ0) is 9.42. The third kappa shape index (κ3) is 1.53. The van der Waals surface area contributed by atoms with E-state index in [0.717, 1.165) is 19.7 Å². The summed E-state index contributed by atoms with van der Waals surface area (Å²) >= 11 is 10.0. The summed E-state index contributed by atoms with van der Waals surface area (Å²) in [4.78, 5) is 0. The lowest BCUT2D eigenvalue weighted by molar-refractivity contribution is 0.412. The topological polar surface area (TPSA) is 9.23 Å². The van der Waals surface area contributed by atoms with Crippen LogP contribution in [0.5, 0.6) is 5.75 Å². The Morgan fingerprint density at radius 3 is 3.00 bits per heavy atom. The molecule has 0 bridgehead atoms. The Bertz CT molecular complexity index is 452. The van der Waals surface area contributed by atoms with E-state index in [4.69, 9.17) is 16.3 Å². The van der Waals surface area contributed by atoms with Gasteiger partial charge in [0.25, 0.3) is 0 Å². The second kappa shape index (κ2) is 3.63. The van der Waals surface area contributed by atoms with Crippen molar-refractivity contribution in [2.45, 2.75) is 0 Å². The lowest BCUT2D eigenvalue weighted by Crippen LogP contribution is -1.86. The number of halogens is 2. The summed E-state index contributed by atoms with van der Waals surface area (Å²) in [5, 5.41) is 3.91. The summed E-state index contributed by atoms with van der Waals surface area (Å²) in [5.74, 6) is 0.848. The van der Waals surface area contributed by atoms with Gasteiger partial charge in [0, 0.05) is 11.5 Å². The number of hydrogen-bond acceptors (Lipinski definition) is 2. The highest BCUT2D eigenvalue weighted by Crippen LogP contribution is 2.37. The predicted molar refractivity (Wildman–Crippen MR) is 66.1 cm³/mol. The summed E-state index contributed by atoms with van der Waals surface area (Å²) in [5.41, 5.74) is 0. The Hall–Kier alpha value is -0.000000000000000111. The van der Waals surface area contributed by atoms with Crippen LogP contribution in [0.15, 0.2) is 17.5 Å². The molecule has 68 valence electrons. The molecule has 0 saturated heterocycles. The minimum absolute atomic E-state index is 0.758. The maximum Gasteiger partial charge on any atom is 0.135 e. The Balaban J connectivity index is 2.85. The van der Waals surface area contributed by atoms with Crippen LogP contribution in [-0.4, -0.2) is 7.11 Å². The van der Waals surface area contributed by atoms with Gasteiger partial charge in [0.05, 0.1) is 20.4 Å². The molecule has 0 aliphatic rings. The summed E-state index contributed by atoms with van der Waals surface area (Å²) in [6, 6.07) is 3.89. The van der Waals surface area contributed by atoms with Crippen molar-refractivity contribution in [3.63, 3.8) is 0 Å². The number of rotatable bonds is 1. The summed E-state index contributed by atoms with van der Waals surface area (Å²) in [6.07, 6.45) is 0. The van der Waals surface area contributed by atoms with E-state index in [0.29, 0.717) is 0 Å². The highest BCUT2D eigenvalue weighted by Gasteiger charge is 2.09. The van der Waals surface area contributed by atoms with Crippen LogP contribution >= 0.6 is 45.5 Å². The second-order valence-electron chi connectivity index (χ2n) is 2.54. The van der Waals surface area contributed by atoms with Crippen LogP contribution in [0.4, 0.5) is 0 Å². The molecule has 1 aromatic carbocycles. The SMILES string of the molecule is COc1cc(Cl)c2ccsc2c1I. The highest BCUT2D eigenvalue weighted by molar-refractivity contribution is 14.1. The first-order chi connectivity index (χ1) is 6.24. The summed E-state index contributed by atoms with van der Waals surface area (Å²) in [6.45, 7) is 0. The first-order valence-corrected chi connectivity index (χ1v) is 5.97. The van der Waals surface area contributed by atoms with Gasteiger partial charge in [-0.25, -0.2) is 0 Å². The third-order valence-corrected chi connectivity index (χ3v) is 4.50. The molecule has 0 aliphatic carbocycles. The number of hydrogen-bond donors (Lipinski definition) is 0. The molecule has 0 atom stereocenters. The van der Waals surface area contributed by atoms with Crippen LogP contribution in [0.25, 0.3) is 10.1 Å². The van der Waals surface area contributed by atoms with Crippen LogP contribution < -0.4 is 4.74 Å². The molecule has 1 heterocycles. The Morgan fingerprint density at radius 2 is 2.31 bits per heavy atom. The quantitative estimate of drug-likeness (QED) is 0.716. The van der Waals surface area contributed by atoms with E-state index < -0.39 is 0 Å². The van der Waals surface area contributed by atoms with E-state index in [1.54, 1.807) is 18.4 Å². The molecule has 0 spiro atoms. The third-order valence-electron chi connectivity index (χ3n) is 1.82. The standard InChI is InChI=1S/C9H6ClIOS/c1-12-7-4-6(10)5-2-3-13-9(5)8(7)11/h2-4H,1H3. The van der Waals surface area contributed by atoms with Gasteiger partial charge in [0.2, 0.25) is 0 Å². The summed E-state index contributed by atoms with van der Waals surface area (Å²) < 4.78 is 7.55. The molecule has 0 saturated carbocycles. The molecular weight excluding hydrogens is 319 g/mol. The zero-order valence-electron chi connectivity index (χ0n) is 6.80. The van der Waals surface area contributed by atoms with E-state index in [2.05, 4.69) is 22.6 Å². The maximum absolute atomic E-state index is 6.08. The minimum atomic E-state index is 0.758. The molecule has 1 nitrogen and oxygen atoms in total. The molecule has 0 unspecified atom stereocenters. The van der Waals surface area contributed by atoms with Crippen molar-refractivity contribution in [1.82, 2.24) is 0 Å². The first kappa shape index (κ1) is 9.55.